The normalized spacial score (nSPS) is 24.2. The first-order chi connectivity index (χ1) is 9.33. The number of fused-ring (bicyclic) bond motifs is 1. The van der Waals surface area contributed by atoms with E-state index in [1.165, 1.54) is 35.3 Å². The molecule has 4 rings (SSSR count). The molecular weight excluding hydrogens is 252 g/mol. The summed E-state index contributed by atoms with van der Waals surface area (Å²) in [5.41, 5.74) is 2.76. The monoisotopic (exact) mass is 268 g/mol. The molecule has 2 aliphatic rings. The fourth-order valence-corrected chi connectivity index (χ4v) is 4.44. The van der Waals surface area contributed by atoms with Gasteiger partial charge in [0.05, 0.1) is 4.88 Å². The Hall–Kier alpha value is -1.41. The van der Waals surface area contributed by atoms with E-state index in [1.54, 1.807) is 11.3 Å². The lowest BCUT2D eigenvalue weighted by atomic mass is 10.1. The van der Waals surface area contributed by atoms with Crippen LogP contribution in [0.4, 0.5) is 0 Å². The second-order valence-electron chi connectivity index (χ2n) is 5.64. The summed E-state index contributed by atoms with van der Waals surface area (Å²) in [4.78, 5) is 15.0. The van der Waals surface area contributed by atoms with Crippen molar-refractivity contribution in [3.05, 3.63) is 57.3 Å². The van der Waals surface area contributed by atoms with Crippen LogP contribution in [0.25, 0.3) is 0 Å². The highest BCUT2D eigenvalue weighted by atomic mass is 32.1. The molecular formula is C17H16OS. The summed E-state index contributed by atoms with van der Waals surface area (Å²) in [6.45, 7) is 0. The van der Waals surface area contributed by atoms with Crippen molar-refractivity contribution in [2.75, 3.05) is 0 Å². The van der Waals surface area contributed by atoms with Gasteiger partial charge >= 0.3 is 0 Å². The van der Waals surface area contributed by atoms with E-state index in [0.717, 1.165) is 11.3 Å². The van der Waals surface area contributed by atoms with Crippen LogP contribution in [-0.2, 0) is 12.8 Å². The fourth-order valence-electron chi connectivity index (χ4n) is 3.19. The van der Waals surface area contributed by atoms with Crippen molar-refractivity contribution >= 4 is 17.1 Å². The molecule has 1 aromatic carbocycles. The summed E-state index contributed by atoms with van der Waals surface area (Å²) in [6.07, 6.45) is 4.66. The molecule has 19 heavy (non-hydrogen) atoms. The summed E-state index contributed by atoms with van der Waals surface area (Å²) in [5.74, 6) is 1.08. The van der Waals surface area contributed by atoms with Crippen LogP contribution in [0.15, 0.2) is 36.4 Å². The zero-order chi connectivity index (χ0) is 12.8. The van der Waals surface area contributed by atoms with Crippen molar-refractivity contribution in [2.45, 2.75) is 31.6 Å². The molecule has 2 aromatic rings. The van der Waals surface area contributed by atoms with E-state index in [0.29, 0.717) is 11.7 Å². The number of carbonyl (C=O) groups excluding carboxylic acids is 1. The molecule has 1 fully saturated rings. The first-order valence-electron chi connectivity index (χ1n) is 7.03. The lowest BCUT2D eigenvalue weighted by molar-refractivity contribution is 0.0969. The third kappa shape index (κ3) is 1.95. The van der Waals surface area contributed by atoms with Gasteiger partial charge in [0.25, 0.3) is 0 Å². The summed E-state index contributed by atoms with van der Waals surface area (Å²) in [5, 5.41) is 0. The van der Waals surface area contributed by atoms with Crippen molar-refractivity contribution in [3.63, 3.8) is 0 Å². The van der Waals surface area contributed by atoms with E-state index in [-0.39, 0.29) is 5.92 Å². The molecule has 0 saturated heterocycles. The Morgan fingerprint density at radius 1 is 1.16 bits per heavy atom. The average molecular weight is 268 g/mol. The highest BCUT2D eigenvalue weighted by Gasteiger charge is 2.44. The molecule has 0 amide bonds. The van der Waals surface area contributed by atoms with Crippen molar-refractivity contribution in [1.82, 2.24) is 0 Å². The molecule has 0 N–H and O–H groups in total. The number of ketones is 1. The molecule has 2 heteroatoms. The maximum atomic E-state index is 12.5. The molecule has 0 bridgehead atoms. The average Bonchev–Trinajstić information content (AvgIpc) is 2.95. The standard InChI is InChI=1S/C17H16OS/c18-17(16-9-12-7-4-8-15(12)19-16)14-10-13(14)11-5-2-1-3-6-11/h1-3,5-6,9,13-14H,4,7-8,10H2. The minimum atomic E-state index is 0.237. The van der Waals surface area contributed by atoms with Gasteiger partial charge < -0.3 is 0 Å². The molecule has 2 unspecified atom stereocenters. The van der Waals surface area contributed by atoms with Gasteiger partial charge in [0.2, 0.25) is 0 Å². The molecule has 2 aliphatic carbocycles. The first kappa shape index (κ1) is 11.4. The molecule has 0 spiro atoms. The highest BCUT2D eigenvalue weighted by Crippen LogP contribution is 2.50. The van der Waals surface area contributed by atoms with Crippen molar-refractivity contribution in [2.24, 2.45) is 5.92 Å². The SMILES string of the molecule is O=C(c1cc2c(s1)CCC2)C1CC1c1ccccc1. The summed E-state index contributed by atoms with van der Waals surface area (Å²) >= 11 is 1.75. The lowest BCUT2D eigenvalue weighted by Gasteiger charge is -1.99. The lowest BCUT2D eigenvalue weighted by Crippen LogP contribution is -2.00. The van der Waals surface area contributed by atoms with Gasteiger partial charge in [-0.1, -0.05) is 30.3 Å². The second-order valence-corrected chi connectivity index (χ2v) is 6.77. The maximum Gasteiger partial charge on any atom is 0.176 e. The molecule has 0 aliphatic heterocycles. The van der Waals surface area contributed by atoms with Gasteiger partial charge in [-0.25, -0.2) is 0 Å². The van der Waals surface area contributed by atoms with Crippen molar-refractivity contribution < 1.29 is 4.79 Å². The van der Waals surface area contributed by atoms with E-state index < -0.39 is 0 Å². The predicted octanol–water partition coefficient (Wildman–Crippen LogP) is 4.22. The van der Waals surface area contributed by atoms with Crippen LogP contribution in [0.1, 0.15) is 44.4 Å². The minimum absolute atomic E-state index is 0.237. The Labute approximate surface area is 117 Å². The Bertz CT molecular complexity index is 604. The van der Waals surface area contributed by atoms with Gasteiger partial charge in [0.15, 0.2) is 5.78 Å². The number of hydrogen-bond donors (Lipinski definition) is 0. The Balaban J connectivity index is 1.53. The van der Waals surface area contributed by atoms with E-state index >= 15 is 0 Å². The first-order valence-corrected chi connectivity index (χ1v) is 7.85. The van der Waals surface area contributed by atoms with Gasteiger partial charge in [-0.05, 0) is 48.8 Å². The van der Waals surface area contributed by atoms with Crippen molar-refractivity contribution in [1.29, 1.82) is 0 Å². The Morgan fingerprint density at radius 2 is 2.00 bits per heavy atom. The second kappa shape index (κ2) is 4.31. The summed E-state index contributed by atoms with van der Waals surface area (Å²) < 4.78 is 0. The van der Waals surface area contributed by atoms with Gasteiger partial charge in [0, 0.05) is 10.8 Å². The van der Waals surface area contributed by atoms with Crippen LogP contribution in [0.2, 0.25) is 0 Å². The van der Waals surface area contributed by atoms with Crippen LogP contribution in [0.3, 0.4) is 0 Å². The number of hydrogen-bond acceptors (Lipinski definition) is 2. The molecule has 0 radical (unpaired) electrons. The van der Waals surface area contributed by atoms with E-state index in [1.807, 2.05) is 6.07 Å². The van der Waals surface area contributed by atoms with E-state index in [2.05, 4.69) is 30.3 Å². The number of carbonyl (C=O) groups is 1. The molecule has 1 heterocycles. The predicted molar refractivity (Wildman–Crippen MR) is 78.0 cm³/mol. The van der Waals surface area contributed by atoms with Gasteiger partial charge in [-0.3, -0.25) is 4.79 Å². The zero-order valence-electron chi connectivity index (χ0n) is 10.8. The van der Waals surface area contributed by atoms with Crippen LogP contribution in [0, 0.1) is 5.92 Å². The number of benzene rings is 1. The smallest absolute Gasteiger partial charge is 0.176 e. The topological polar surface area (TPSA) is 17.1 Å². The molecule has 96 valence electrons. The summed E-state index contributed by atoms with van der Waals surface area (Å²) in [7, 11) is 0. The third-order valence-corrected chi connectivity index (χ3v) is 5.60. The van der Waals surface area contributed by atoms with Crippen LogP contribution >= 0.6 is 11.3 Å². The largest absolute Gasteiger partial charge is 0.293 e. The van der Waals surface area contributed by atoms with Gasteiger partial charge in [-0.15, -0.1) is 11.3 Å². The molecule has 1 saturated carbocycles. The Morgan fingerprint density at radius 3 is 2.79 bits per heavy atom. The number of rotatable bonds is 3. The molecule has 2 atom stereocenters. The quantitative estimate of drug-likeness (QED) is 0.762. The minimum Gasteiger partial charge on any atom is -0.293 e. The number of thiophene rings is 1. The molecule has 1 aromatic heterocycles. The van der Waals surface area contributed by atoms with Crippen LogP contribution < -0.4 is 0 Å². The van der Waals surface area contributed by atoms with E-state index in [9.17, 15) is 4.79 Å². The van der Waals surface area contributed by atoms with Crippen molar-refractivity contribution in [3.8, 4) is 0 Å². The van der Waals surface area contributed by atoms with Crippen LogP contribution in [-0.4, -0.2) is 5.78 Å². The third-order valence-electron chi connectivity index (χ3n) is 4.34. The number of aryl methyl sites for hydroxylation is 2. The van der Waals surface area contributed by atoms with E-state index in [4.69, 9.17) is 0 Å². The van der Waals surface area contributed by atoms with Crippen LogP contribution in [0.5, 0.6) is 0 Å². The van der Waals surface area contributed by atoms with Gasteiger partial charge in [-0.2, -0.15) is 0 Å². The number of Topliss-reactive ketones (excluding diaryl/α,β-unsaturated/α-hetero) is 1. The zero-order valence-corrected chi connectivity index (χ0v) is 11.6. The maximum absolute atomic E-state index is 12.5. The fraction of sp³-hybridized carbons (Fsp3) is 0.353. The highest BCUT2D eigenvalue weighted by molar-refractivity contribution is 7.14. The van der Waals surface area contributed by atoms with Gasteiger partial charge in [0.1, 0.15) is 0 Å². The Kier molecular flexibility index (Phi) is 2.59. The molecule has 1 nitrogen and oxygen atoms in total. The summed E-state index contributed by atoms with van der Waals surface area (Å²) in [6, 6.07) is 12.6.